The topological polar surface area (TPSA) is 155 Å². The van der Waals surface area contributed by atoms with E-state index in [1.54, 1.807) is 12.1 Å². The van der Waals surface area contributed by atoms with E-state index < -0.39 is 35.7 Å². The zero-order chi connectivity index (χ0) is 25.4. The van der Waals surface area contributed by atoms with Crippen LogP contribution in [0.1, 0.15) is 10.4 Å². The van der Waals surface area contributed by atoms with Gasteiger partial charge >= 0.3 is 0 Å². The van der Waals surface area contributed by atoms with E-state index in [1.165, 1.54) is 38.5 Å². The number of furan rings is 1. The smallest absolute Gasteiger partial charge is 0.265 e. The highest BCUT2D eigenvalue weighted by atomic mass is 32.2. The van der Waals surface area contributed by atoms with E-state index in [-0.39, 0.29) is 17.1 Å². The SMILES string of the molecule is COc1cc(C(=O)NS(=O)(=O)c2ccccc2S(N)(=O)=O)cc(OC)c1-c1cc2ccccc2o1. The largest absolute Gasteiger partial charge is 0.496 e. The molecule has 12 heteroatoms. The van der Waals surface area contributed by atoms with Gasteiger partial charge in [0.2, 0.25) is 10.0 Å². The van der Waals surface area contributed by atoms with Crippen LogP contribution in [0.25, 0.3) is 22.3 Å². The van der Waals surface area contributed by atoms with E-state index in [9.17, 15) is 21.6 Å². The van der Waals surface area contributed by atoms with Gasteiger partial charge in [0, 0.05) is 10.9 Å². The summed E-state index contributed by atoms with van der Waals surface area (Å²) in [5, 5.41) is 5.97. The van der Waals surface area contributed by atoms with Gasteiger partial charge in [0.25, 0.3) is 15.9 Å². The van der Waals surface area contributed by atoms with Crippen LogP contribution in [0, 0.1) is 0 Å². The van der Waals surface area contributed by atoms with Crippen molar-refractivity contribution < 1.29 is 35.5 Å². The third-order valence-corrected chi connectivity index (χ3v) is 7.60. The second kappa shape index (κ2) is 9.06. The molecule has 1 heterocycles. The molecule has 0 unspecified atom stereocenters. The Morgan fingerprint density at radius 1 is 0.857 bits per heavy atom. The summed E-state index contributed by atoms with van der Waals surface area (Å²) < 4.78 is 68.0. The Kier molecular flexibility index (Phi) is 6.28. The Morgan fingerprint density at radius 3 is 2.00 bits per heavy atom. The highest BCUT2D eigenvalue weighted by Gasteiger charge is 2.27. The van der Waals surface area contributed by atoms with Crippen LogP contribution in [0.3, 0.4) is 0 Å². The van der Waals surface area contributed by atoms with Crippen molar-refractivity contribution in [2.45, 2.75) is 9.79 Å². The van der Waals surface area contributed by atoms with Crippen LogP contribution < -0.4 is 19.3 Å². The van der Waals surface area contributed by atoms with Crippen molar-refractivity contribution in [2.24, 2.45) is 5.14 Å². The maximum atomic E-state index is 12.9. The minimum Gasteiger partial charge on any atom is -0.496 e. The molecule has 1 amide bonds. The predicted molar refractivity (Wildman–Crippen MR) is 127 cm³/mol. The number of rotatable bonds is 7. The van der Waals surface area contributed by atoms with Crippen LogP contribution in [0.15, 0.2) is 80.9 Å². The summed E-state index contributed by atoms with van der Waals surface area (Å²) in [6, 6.07) is 16.5. The number of amides is 1. The lowest BCUT2D eigenvalue weighted by Crippen LogP contribution is -2.32. The molecule has 4 aromatic rings. The maximum absolute atomic E-state index is 12.9. The lowest BCUT2D eigenvalue weighted by molar-refractivity contribution is 0.0980. The van der Waals surface area contributed by atoms with E-state index in [0.717, 1.165) is 17.5 Å². The fourth-order valence-corrected chi connectivity index (χ4v) is 5.89. The number of fused-ring (bicyclic) bond motifs is 1. The minimum absolute atomic E-state index is 0.116. The Hall–Kier alpha value is -3.87. The molecule has 0 aliphatic rings. The van der Waals surface area contributed by atoms with Crippen LogP contribution >= 0.6 is 0 Å². The van der Waals surface area contributed by atoms with Gasteiger partial charge in [-0.2, -0.15) is 0 Å². The summed E-state index contributed by atoms with van der Waals surface area (Å²) in [6.07, 6.45) is 0. The second-order valence-electron chi connectivity index (χ2n) is 7.33. The molecule has 182 valence electrons. The minimum atomic E-state index is -4.60. The quantitative estimate of drug-likeness (QED) is 0.380. The average molecular weight is 517 g/mol. The average Bonchev–Trinajstić information content (AvgIpc) is 3.26. The molecule has 0 aliphatic carbocycles. The van der Waals surface area contributed by atoms with Crippen LogP contribution in [0.2, 0.25) is 0 Å². The van der Waals surface area contributed by atoms with E-state index in [2.05, 4.69) is 0 Å². The molecule has 3 aromatic carbocycles. The molecule has 4 rings (SSSR count). The molecule has 0 radical (unpaired) electrons. The molecule has 0 atom stereocenters. The number of primary sulfonamides is 1. The number of carbonyl (C=O) groups is 1. The normalized spacial score (nSPS) is 11.9. The first-order valence-corrected chi connectivity index (χ1v) is 13.0. The van der Waals surface area contributed by atoms with Gasteiger partial charge in [0.05, 0.1) is 14.2 Å². The summed E-state index contributed by atoms with van der Waals surface area (Å²) >= 11 is 0. The number of hydrogen-bond donors (Lipinski definition) is 2. The zero-order valence-electron chi connectivity index (χ0n) is 18.5. The Bertz CT molecular complexity index is 1600. The molecule has 1 aromatic heterocycles. The van der Waals surface area contributed by atoms with Crippen molar-refractivity contribution in [3.8, 4) is 22.8 Å². The number of hydrogen-bond acceptors (Lipinski definition) is 8. The summed E-state index contributed by atoms with van der Waals surface area (Å²) in [7, 11) is -6.21. The first kappa shape index (κ1) is 24.3. The molecular formula is C23H20N2O8S2. The van der Waals surface area contributed by atoms with Gasteiger partial charge in [0.1, 0.15) is 38.2 Å². The van der Waals surface area contributed by atoms with Crippen molar-refractivity contribution in [3.05, 3.63) is 72.3 Å². The zero-order valence-corrected chi connectivity index (χ0v) is 20.1. The molecule has 10 nitrogen and oxygen atoms in total. The molecule has 0 saturated heterocycles. The van der Waals surface area contributed by atoms with E-state index in [4.69, 9.17) is 19.0 Å². The van der Waals surface area contributed by atoms with Crippen LogP contribution in [-0.4, -0.2) is 37.0 Å². The van der Waals surface area contributed by atoms with E-state index in [0.29, 0.717) is 16.9 Å². The fourth-order valence-electron chi connectivity index (χ4n) is 3.53. The first-order valence-electron chi connectivity index (χ1n) is 9.99. The third kappa shape index (κ3) is 4.71. The molecule has 0 saturated carbocycles. The molecule has 0 fully saturated rings. The van der Waals surface area contributed by atoms with Crippen molar-refractivity contribution in [1.82, 2.24) is 4.72 Å². The Morgan fingerprint density at radius 2 is 1.43 bits per heavy atom. The monoisotopic (exact) mass is 516 g/mol. The summed E-state index contributed by atoms with van der Waals surface area (Å²) in [6.45, 7) is 0. The number of nitrogens with two attached hydrogens (primary N) is 1. The van der Waals surface area contributed by atoms with Crippen molar-refractivity contribution in [2.75, 3.05) is 14.2 Å². The molecular weight excluding hydrogens is 496 g/mol. The fraction of sp³-hybridized carbons (Fsp3) is 0.0870. The van der Waals surface area contributed by atoms with Crippen LogP contribution in [0.5, 0.6) is 11.5 Å². The molecule has 0 bridgehead atoms. The first-order chi connectivity index (χ1) is 16.5. The Balaban J connectivity index is 1.75. The van der Waals surface area contributed by atoms with Gasteiger partial charge in [0.15, 0.2) is 0 Å². The molecule has 0 spiro atoms. The van der Waals surface area contributed by atoms with Crippen molar-refractivity contribution >= 4 is 36.9 Å². The lowest BCUT2D eigenvalue weighted by Gasteiger charge is -2.15. The van der Waals surface area contributed by atoms with Gasteiger partial charge in [-0.15, -0.1) is 0 Å². The maximum Gasteiger partial charge on any atom is 0.265 e. The summed E-state index contributed by atoms with van der Waals surface area (Å²) in [5.74, 6) is -0.240. The second-order valence-corrected chi connectivity index (χ2v) is 10.5. The van der Waals surface area contributed by atoms with Gasteiger partial charge < -0.3 is 13.9 Å². The number of sulfonamides is 2. The predicted octanol–water partition coefficient (Wildman–Crippen LogP) is 2.88. The van der Waals surface area contributed by atoms with Gasteiger partial charge in [-0.05, 0) is 36.4 Å². The van der Waals surface area contributed by atoms with Gasteiger partial charge in [-0.1, -0.05) is 30.3 Å². The van der Waals surface area contributed by atoms with E-state index >= 15 is 0 Å². The third-order valence-electron chi connectivity index (χ3n) is 5.11. The standard InChI is InChI=1S/C23H20N2O8S2/c1-31-17-12-15(13-18(32-2)22(17)19-11-14-7-3-4-8-16(14)33-19)23(26)25-35(29,30)21-10-6-5-9-20(21)34(24,27)28/h3-13H,1-2H3,(H,25,26)(H2,24,27,28). The molecule has 0 aliphatic heterocycles. The highest BCUT2D eigenvalue weighted by molar-refractivity contribution is 7.92. The number of nitrogens with one attached hydrogen (secondary N) is 1. The number of ether oxygens (including phenoxy) is 2. The number of para-hydroxylation sites is 1. The summed E-state index contributed by atoms with van der Waals surface area (Å²) in [5.41, 5.74) is 0.938. The summed E-state index contributed by atoms with van der Waals surface area (Å²) in [4.78, 5) is 11.6. The molecule has 35 heavy (non-hydrogen) atoms. The van der Waals surface area contributed by atoms with Crippen molar-refractivity contribution in [1.29, 1.82) is 0 Å². The number of benzene rings is 3. The highest BCUT2D eigenvalue weighted by Crippen LogP contribution is 2.41. The lowest BCUT2D eigenvalue weighted by atomic mass is 10.1. The van der Waals surface area contributed by atoms with Crippen molar-refractivity contribution in [3.63, 3.8) is 0 Å². The van der Waals surface area contributed by atoms with Gasteiger partial charge in [-0.25, -0.2) is 26.7 Å². The number of carbonyl (C=O) groups excluding carboxylic acids is 1. The van der Waals surface area contributed by atoms with Gasteiger partial charge in [-0.3, -0.25) is 4.79 Å². The molecule has 3 N–H and O–H groups in total. The van der Waals surface area contributed by atoms with E-state index in [1.807, 2.05) is 22.9 Å². The number of methoxy groups -OCH3 is 2. The Labute approximate surface area is 201 Å². The van der Waals surface area contributed by atoms with Crippen LogP contribution in [-0.2, 0) is 20.0 Å². The van der Waals surface area contributed by atoms with Crippen LogP contribution in [0.4, 0.5) is 0 Å².